The van der Waals surface area contributed by atoms with Gasteiger partial charge in [-0.3, -0.25) is 4.79 Å². The maximum atomic E-state index is 11.6. The van der Waals surface area contributed by atoms with Crippen molar-refractivity contribution in [1.29, 1.82) is 0 Å². The third-order valence-corrected chi connectivity index (χ3v) is 3.65. The molecule has 1 aliphatic rings. The Morgan fingerprint density at radius 1 is 1.41 bits per heavy atom. The van der Waals surface area contributed by atoms with Crippen LogP contribution in [0.1, 0.15) is 45.4 Å². The van der Waals surface area contributed by atoms with Crippen molar-refractivity contribution in [2.45, 2.75) is 57.1 Å². The van der Waals surface area contributed by atoms with Crippen LogP contribution in [0, 0.1) is 0 Å². The van der Waals surface area contributed by atoms with E-state index in [-0.39, 0.29) is 17.6 Å². The van der Waals surface area contributed by atoms with Gasteiger partial charge < -0.3 is 14.8 Å². The van der Waals surface area contributed by atoms with E-state index in [4.69, 9.17) is 9.47 Å². The van der Waals surface area contributed by atoms with Crippen LogP contribution in [-0.2, 0) is 14.3 Å². The molecule has 4 nitrogen and oxygen atoms in total. The Balaban J connectivity index is 2.77. The molecule has 0 heterocycles. The number of carbonyl (C=O) groups is 1. The molecule has 100 valence electrons. The van der Waals surface area contributed by atoms with Gasteiger partial charge in [0.1, 0.15) is 0 Å². The molecule has 1 saturated carbocycles. The van der Waals surface area contributed by atoms with E-state index in [2.05, 4.69) is 12.2 Å². The minimum atomic E-state index is -0.226. The number of esters is 1. The number of carbonyl (C=O) groups excluding carboxylic acids is 1. The lowest BCUT2D eigenvalue weighted by Gasteiger charge is -2.43. The highest BCUT2D eigenvalue weighted by Gasteiger charge is 2.42. The van der Waals surface area contributed by atoms with E-state index in [1.807, 2.05) is 0 Å². The topological polar surface area (TPSA) is 47.6 Å². The van der Waals surface area contributed by atoms with E-state index in [1.165, 1.54) is 13.5 Å². The van der Waals surface area contributed by atoms with Gasteiger partial charge in [0.15, 0.2) is 0 Å². The molecule has 17 heavy (non-hydrogen) atoms. The van der Waals surface area contributed by atoms with Crippen molar-refractivity contribution in [3.63, 3.8) is 0 Å². The van der Waals surface area contributed by atoms with Crippen molar-refractivity contribution in [2.75, 3.05) is 20.8 Å². The van der Waals surface area contributed by atoms with Gasteiger partial charge in [-0.1, -0.05) is 19.8 Å². The molecule has 0 aromatic rings. The van der Waals surface area contributed by atoms with Crippen LogP contribution in [0.2, 0.25) is 0 Å². The monoisotopic (exact) mass is 243 g/mol. The highest BCUT2D eigenvalue weighted by Crippen LogP contribution is 2.33. The number of rotatable bonds is 6. The Morgan fingerprint density at radius 3 is 2.76 bits per heavy atom. The first-order valence-electron chi connectivity index (χ1n) is 6.53. The standard InChI is InChI=1S/C13H25NO3/c1-4-9-14-13(10-12(15)17-3)8-6-5-7-11(13)16-2/h11,14H,4-10H2,1-3H3. The van der Waals surface area contributed by atoms with Gasteiger partial charge in [0, 0.05) is 7.11 Å². The van der Waals surface area contributed by atoms with Crippen LogP contribution in [0.25, 0.3) is 0 Å². The Kier molecular flexibility index (Phi) is 5.92. The van der Waals surface area contributed by atoms with Crippen LogP contribution in [0.15, 0.2) is 0 Å². The smallest absolute Gasteiger partial charge is 0.307 e. The summed E-state index contributed by atoms with van der Waals surface area (Å²) in [6.07, 6.45) is 5.90. The van der Waals surface area contributed by atoms with E-state index in [1.54, 1.807) is 7.11 Å². The molecule has 0 aliphatic heterocycles. The Hall–Kier alpha value is -0.610. The van der Waals surface area contributed by atoms with Gasteiger partial charge in [-0.05, 0) is 25.8 Å². The summed E-state index contributed by atoms with van der Waals surface area (Å²) in [6.45, 7) is 3.04. The van der Waals surface area contributed by atoms with Crippen molar-refractivity contribution >= 4 is 5.97 Å². The van der Waals surface area contributed by atoms with Crippen LogP contribution in [0.3, 0.4) is 0 Å². The number of hydrogen-bond donors (Lipinski definition) is 1. The van der Waals surface area contributed by atoms with Crippen molar-refractivity contribution in [2.24, 2.45) is 0 Å². The lowest BCUT2D eigenvalue weighted by molar-refractivity contribution is -0.145. The molecule has 0 bridgehead atoms. The number of methoxy groups -OCH3 is 2. The molecule has 1 fully saturated rings. The van der Waals surface area contributed by atoms with Crippen LogP contribution >= 0.6 is 0 Å². The minimum Gasteiger partial charge on any atom is -0.469 e. The maximum absolute atomic E-state index is 11.6. The second-order valence-corrected chi connectivity index (χ2v) is 4.81. The van der Waals surface area contributed by atoms with Gasteiger partial charge in [-0.15, -0.1) is 0 Å². The molecule has 2 unspecified atom stereocenters. The molecule has 0 spiro atoms. The van der Waals surface area contributed by atoms with Gasteiger partial charge in [0.05, 0.1) is 25.2 Å². The largest absolute Gasteiger partial charge is 0.469 e. The highest BCUT2D eigenvalue weighted by atomic mass is 16.5. The van der Waals surface area contributed by atoms with Crippen LogP contribution < -0.4 is 5.32 Å². The number of nitrogens with one attached hydrogen (secondary N) is 1. The zero-order chi connectivity index (χ0) is 12.7. The summed E-state index contributed by atoms with van der Waals surface area (Å²) in [5.41, 5.74) is -0.226. The van der Waals surface area contributed by atoms with Crippen molar-refractivity contribution < 1.29 is 14.3 Å². The van der Waals surface area contributed by atoms with Crippen molar-refractivity contribution in [3.8, 4) is 0 Å². The fourth-order valence-corrected chi connectivity index (χ4v) is 2.72. The molecule has 0 saturated heterocycles. The molecule has 0 aromatic carbocycles. The summed E-state index contributed by atoms with van der Waals surface area (Å²) in [5, 5.41) is 3.53. The normalized spacial score (nSPS) is 29.0. The summed E-state index contributed by atoms with van der Waals surface area (Å²) >= 11 is 0. The molecule has 2 atom stereocenters. The first-order valence-corrected chi connectivity index (χ1v) is 6.53. The SMILES string of the molecule is CCCNC1(CC(=O)OC)CCCCC1OC. The Labute approximate surface area is 104 Å². The number of hydrogen-bond acceptors (Lipinski definition) is 4. The predicted octanol–water partition coefficient (Wildman–Crippen LogP) is 1.88. The minimum absolute atomic E-state index is 0.113. The van der Waals surface area contributed by atoms with E-state index < -0.39 is 0 Å². The highest BCUT2D eigenvalue weighted by molar-refractivity contribution is 5.71. The van der Waals surface area contributed by atoms with Crippen LogP contribution in [0.4, 0.5) is 0 Å². The van der Waals surface area contributed by atoms with Gasteiger partial charge in [0.25, 0.3) is 0 Å². The lowest BCUT2D eigenvalue weighted by atomic mass is 9.76. The second kappa shape index (κ2) is 6.97. The molecule has 0 amide bonds. The molecular formula is C13H25NO3. The van der Waals surface area contributed by atoms with Gasteiger partial charge in [0.2, 0.25) is 0 Å². The zero-order valence-corrected chi connectivity index (χ0v) is 11.3. The van der Waals surface area contributed by atoms with E-state index >= 15 is 0 Å². The maximum Gasteiger partial charge on any atom is 0.307 e. The molecular weight excluding hydrogens is 218 g/mol. The lowest BCUT2D eigenvalue weighted by Crippen LogP contribution is -2.58. The van der Waals surface area contributed by atoms with Gasteiger partial charge in [-0.2, -0.15) is 0 Å². The van der Waals surface area contributed by atoms with E-state index in [9.17, 15) is 4.79 Å². The summed E-state index contributed by atoms with van der Waals surface area (Å²) in [7, 11) is 3.18. The van der Waals surface area contributed by atoms with E-state index in [0.29, 0.717) is 6.42 Å². The van der Waals surface area contributed by atoms with E-state index in [0.717, 1.165) is 32.2 Å². The Morgan fingerprint density at radius 2 is 2.18 bits per heavy atom. The third-order valence-electron chi connectivity index (χ3n) is 3.65. The summed E-state index contributed by atoms with van der Waals surface area (Å²) < 4.78 is 10.4. The summed E-state index contributed by atoms with van der Waals surface area (Å²) in [4.78, 5) is 11.6. The molecule has 0 aromatic heterocycles. The molecule has 4 heteroatoms. The van der Waals surface area contributed by atoms with Crippen LogP contribution in [-0.4, -0.2) is 38.4 Å². The number of ether oxygens (including phenoxy) is 2. The first kappa shape index (κ1) is 14.5. The van der Waals surface area contributed by atoms with Crippen molar-refractivity contribution in [1.82, 2.24) is 5.32 Å². The quantitative estimate of drug-likeness (QED) is 0.724. The summed E-state index contributed by atoms with van der Waals surface area (Å²) in [6, 6.07) is 0. The second-order valence-electron chi connectivity index (χ2n) is 4.81. The van der Waals surface area contributed by atoms with Crippen LogP contribution in [0.5, 0.6) is 0 Å². The van der Waals surface area contributed by atoms with Crippen molar-refractivity contribution in [3.05, 3.63) is 0 Å². The summed E-state index contributed by atoms with van der Waals surface area (Å²) in [5.74, 6) is -0.155. The zero-order valence-electron chi connectivity index (χ0n) is 11.3. The molecule has 1 rings (SSSR count). The fraction of sp³-hybridized carbons (Fsp3) is 0.923. The molecule has 0 radical (unpaired) electrons. The van der Waals surface area contributed by atoms with Gasteiger partial charge in [-0.25, -0.2) is 0 Å². The molecule has 1 aliphatic carbocycles. The predicted molar refractivity (Wildman–Crippen MR) is 66.9 cm³/mol. The average Bonchev–Trinajstić information content (AvgIpc) is 2.36. The first-order chi connectivity index (χ1) is 8.18. The fourth-order valence-electron chi connectivity index (χ4n) is 2.72. The Bertz CT molecular complexity index is 245. The third kappa shape index (κ3) is 3.68. The average molecular weight is 243 g/mol. The van der Waals surface area contributed by atoms with Gasteiger partial charge >= 0.3 is 5.97 Å². The molecule has 1 N–H and O–H groups in total.